The zero-order chi connectivity index (χ0) is 19.7. The summed E-state index contributed by atoms with van der Waals surface area (Å²) >= 11 is 0. The van der Waals surface area contributed by atoms with Gasteiger partial charge in [-0.15, -0.1) is 0 Å². The summed E-state index contributed by atoms with van der Waals surface area (Å²) in [6.45, 7) is 5.32. The third-order valence-electron chi connectivity index (χ3n) is 5.18. The highest BCUT2D eigenvalue weighted by molar-refractivity contribution is 5.94. The van der Waals surface area contributed by atoms with Gasteiger partial charge in [-0.05, 0) is 18.6 Å². The minimum Gasteiger partial charge on any atom is -0.337 e. The number of hydrogen-bond donors (Lipinski definition) is 1. The van der Waals surface area contributed by atoms with Crippen LogP contribution in [0.5, 0.6) is 0 Å². The zero-order valence-corrected chi connectivity index (χ0v) is 15.1. The molecule has 1 aromatic carbocycles. The van der Waals surface area contributed by atoms with Gasteiger partial charge in [-0.3, -0.25) is 9.69 Å². The first-order chi connectivity index (χ1) is 13.4. The van der Waals surface area contributed by atoms with Gasteiger partial charge in [0.2, 0.25) is 5.82 Å². The van der Waals surface area contributed by atoms with Crippen LogP contribution in [-0.2, 0) is 6.18 Å². The number of halogens is 3. The molecule has 1 aromatic heterocycles. The number of likely N-dealkylation sites (tertiary alicyclic amines) is 1. The Kier molecular flexibility index (Phi) is 5.07. The molecule has 1 atom stereocenters. The Bertz CT molecular complexity index is 830. The van der Waals surface area contributed by atoms with E-state index in [1.165, 1.54) is 12.1 Å². The molecule has 10 heteroatoms. The van der Waals surface area contributed by atoms with E-state index in [2.05, 4.69) is 24.9 Å². The molecular formula is C18H20F3N5O2. The summed E-state index contributed by atoms with van der Waals surface area (Å²) in [5.41, 5.74) is 0.847. The van der Waals surface area contributed by atoms with Crippen LogP contribution >= 0.6 is 0 Å². The number of rotatable bonds is 3. The van der Waals surface area contributed by atoms with Crippen molar-refractivity contribution in [2.75, 3.05) is 39.3 Å². The number of nitrogens with one attached hydrogen (secondary N) is 1. The second kappa shape index (κ2) is 7.51. The third-order valence-corrected chi connectivity index (χ3v) is 5.18. The molecular weight excluding hydrogens is 375 g/mol. The average Bonchev–Trinajstić information content (AvgIpc) is 3.38. The summed E-state index contributed by atoms with van der Waals surface area (Å²) < 4.78 is 42.0. The number of alkyl halides is 3. The van der Waals surface area contributed by atoms with Crippen LogP contribution in [0.15, 0.2) is 28.8 Å². The summed E-state index contributed by atoms with van der Waals surface area (Å²) in [7, 11) is 0. The van der Waals surface area contributed by atoms with E-state index in [1.807, 2.05) is 4.90 Å². The van der Waals surface area contributed by atoms with Crippen LogP contribution in [-0.4, -0.2) is 71.2 Å². The van der Waals surface area contributed by atoms with E-state index in [9.17, 15) is 18.0 Å². The van der Waals surface area contributed by atoms with E-state index in [-0.39, 0.29) is 11.7 Å². The summed E-state index contributed by atoms with van der Waals surface area (Å²) in [6, 6.07) is 6.61. The van der Waals surface area contributed by atoms with Crippen LogP contribution in [0.1, 0.15) is 22.7 Å². The van der Waals surface area contributed by atoms with Crippen molar-refractivity contribution >= 4 is 5.91 Å². The van der Waals surface area contributed by atoms with E-state index in [4.69, 9.17) is 0 Å². The molecule has 0 radical (unpaired) electrons. The molecule has 1 amide bonds. The lowest BCUT2D eigenvalue weighted by molar-refractivity contribution is -0.159. The quantitative estimate of drug-likeness (QED) is 0.856. The number of aromatic nitrogens is 2. The summed E-state index contributed by atoms with van der Waals surface area (Å²) in [5, 5.41) is 6.68. The van der Waals surface area contributed by atoms with Crippen LogP contribution in [0.3, 0.4) is 0 Å². The van der Waals surface area contributed by atoms with Crippen LogP contribution < -0.4 is 5.32 Å². The standard InChI is InChI=1S/C18H20F3N5O2/c19-18(20,21)17-23-15(24-28-17)12-1-3-13(4-2-12)16(27)26-8-5-14(11-26)25-9-6-22-7-10-25/h1-4,14,22H,5-11H2. The predicted molar refractivity (Wildman–Crippen MR) is 93.5 cm³/mol. The van der Waals surface area contributed by atoms with Crippen molar-refractivity contribution in [2.24, 2.45) is 0 Å². The van der Waals surface area contributed by atoms with E-state index in [0.717, 1.165) is 32.6 Å². The topological polar surface area (TPSA) is 74.5 Å². The first-order valence-electron chi connectivity index (χ1n) is 9.17. The molecule has 0 spiro atoms. The maximum absolute atomic E-state index is 12.8. The van der Waals surface area contributed by atoms with Crippen molar-refractivity contribution in [2.45, 2.75) is 18.6 Å². The molecule has 2 saturated heterocycles. The molecule has 2 aliphatic rings. The SMILES string of the molecule is O=C(c1ccc(-c2noc(C(F)(F)F)n2)cc1)N1CCC(N2CCNCC2)C1. The largest absolute Gasteiger partial charge is 0.471 e. The third kappa shape index (κ3) is 3.88. The Morgan fingerprint density at radius 3 is 2.50 bits per heavy atom. The summed E-state index contributed by atoms with van der Waals surface area (Å²) in [4.78, 5) is 20.4. The maximum Gasteiger partial charge on any atom is 0.471 e. The number of hydrogen-bond acceptors (Lipinski definition) is 6. The second-order valence-electron chi connectivity index (χ2n) is 6.98. The predicted octanol–water partition coefficient (Wildman–Crippen LogP) is 1.88. The van der Waals surface area contributed by atoms with Gasteiger partial charge in [0.05, 0.1) is 0 Å². The lowest BCUT2D eigenvalue weighted by Crippen LogP contribution is -2.49. The molecule has 1 N–H and O–H groups in total. The van der Waals surface area contributed by atoms with Crippen molar-refractivity contribution in [3.05, 3.63) is 35.7 Å². The Balaban J connectivity index is 1.41. The fourth-order valence-corrected chi connectivity index (χ4v) is 3.67. The van der Waals surface area contributed by atoms with Gasteiger partial charge in [0.25, 0.3) is 5.91 Å². The molecule has 150 valence electrons. The van der Waals surface area contributed by atoms with Gasteiger partial charge in [-0.1, -0.05) is 17.3 Å². The molecule has 2 aliphatic heterocycles. The van der Waals surface area contributed by atoms with Crippen molar-refractivity contribution in [3.63, 3.8) is 0 Å². The van der Waals surface area contributed by atoms with Crippen LogP contribution in [0.25, 0.3) is 11.4 Å². The summed E-state index contributed by atoms with van der Waals surface area (Å²) in [6.07, 6.45) is -3.73. The van der Waals surface area contributed by atoms with Crippen LogP contribution in [0.2, 0.25) is 0 Å². The number of piperazine rings is 1. The fraction of sp³-hybridized carbons (Fsp3) is 0.500. The number of carbonyl (C=O) groups excluding carboxylic acids is 1. The van der Waals surface area contributed by atoms with E-state index in [0.29, 0.717) is 30.3 Å². The van der Waals surface area contributed by atoms with Crippen molar-refractivity contribution < 1.29 is 22.5 Å². The van der Waals surface area contributed by atoms with E-state index >= 15 is 0 Å². The molecule has 0 aliphatic carbocycles. The Morgan fingerprint density at radius 1 is 1.14 bits per heavy atom. The Labute approximate surface area is 159 Å². The molecule has 7 nitrogen and oxygen atoms in total. The molecule has 1 unspecified atom stereocenters. The minimum atomic E-state index is -4.68. The lowest BCUT2D eigenvalue weighted by atomic mass is 10.1. The van der Waals surface area contributed by atoms with Gasteiger partial charge in [0.15, 0.2) is 0 Å². The van der Waals surface area contributed by atoms with Gasteiger partial charge >= 0.3 is 12.1 Å². The monoisotopic (exact) mass is 395 g/mol. The number of carbonyl (C=O) groups is 1. The van der Waals surface area contributed by atoms with Gasteiger partial charge in [0.1, 0.15) is 0 Å². The molecule has 0 saturated carbocycles. The minimum absolute atomic E-state index is 0.0757. The van der Waals surface area contributed by atoms with Gasteiger partial charge in [-0.25, -0.2) is 0 Å². The molecule has 2 aromatic rings. The smallest absolute Gasteiger partial charge is 0.337 e. The second-order valence-corrected chi connectivity index (χ2v) is 6.98. The average molecular weight is 395 g/mol. The lowest BCUT2D eigenvalue weighted by Gasteiger charge is -2.32. The number of benzene rings is 1. The molecule has 0 bridgehead atoms. The molecule has 2 fully saturated rings. The molecule has 3 heterocycles. The number of nitrogens with zero attached hydrogens (tertiary/aromatic N) is 4. The van der Waals surface area contributed by atoms with Crippen molar-refractivity contribution in [3.8, 4) is 11.4 Å². The van der Waals surface area contributed by atoms with Crippen LogP contribution in [0, 0.1) is 0 Å². The van der Waals surface area contributed by atoms with Crippen molar-refractivity contribution in [1.29, 1.82) is 0 Å². The van der Waals surface area contributed by atoms with Crippen molar-refractivity contribution in [1.82, 2.24) is 25.3 Å². The van der Waals surface area contributed by atoms with E-state index in [1.54, 1.807) is 12.1 Å². The van der Waals surface area contributed by atoms with Crippen LogP contribution in [0.4, 0.5) is 13.2 Å². The van der Waals surface area contributed by atoms with E-state index < -0.39 is 12.1 Å². The first-order valence-corrected chi connectivity index (χ1v) is 9.17. The summed E-state index contributed by atoms with van der Waals surface area (Å²) in [5.74, 6) is -1.63. The maximum atomic E-state index is 12.8. The highest BCUT2D eigenvalue weighted by atomic mass is 19.4. The van der Waals surface area contributed by atoms with Gasteiger partial charge < -0.3 is 14.7 Å². The fourth-order valence-electron chi connectivity index (χ4n) is 3.67. The Morgan fingerprint density at radius 2 is 1.86 bits per heavy atom. The zero-order valence-electron chi connectivity index (χ0n) is 15.1. The highest BCUT2D eigenvalue weighted by Crippen LogP contribution is 2.29. The highest BCUT2D eigenvalue weighted by Gasteiger charge is 2.38. The molecule has 4 rings (SSSR count). The molecule has 28 heavy (non-hydrogen) atoms. The van der Waals surface area contributed by atoms with Gasteiger partial charge in [-0.2, -0.15) is 18.2 Å². The van der Waals surface area contributed by atoms with Gasteiger partial charge in [0, 0.05) is 56.4 Å². The Hall–Kier alpha value is -2.46. The normalized spacial score (nSPS) is 21.2. The first kappa shape index (κ1) is 18.9. The number of amides is 1.